The second-order valence-corrected chi connectivity index (χ2v) is 3.90. The first-order chi connectivity index (χ1) is 6.89. The van der Waals surface area contributed by atoms with Crippen molar-refractivity contribution in [3.8, 4) is 0 Å². The van der Waals surface area contributed by atoms with Crippen LogP contribution >= 0.6 is 0 Å². The molecule has 1 unspecified atom stereocenters. The number of hydrogen-bond acceptors (Lipinski definition) is 2. The molecule has 1 amide bonds. The summed E-state index contributed by atoms with van der Waals surface area (Å²) in [5.41, 5.74) is 4.94. The summed E-state index contributed by atoms with van der Waals surface area (Å²) < 4.78 is 37.2. The molecule has 15 heavy (non-hydrogen) atoms. The smallest absolute Gasteiger partial charge is 0.370 e. The molecule has 0 bridgehead atoms. The van der Waals surface area contributed by atoms with Crippen LogP contribution in [0.15, 0.2) is 0 Å². The van der Waals surface area contributed by atoms with Crippen molar-refractivity contribution >= 4 is 5.91 Å². The van der Waals surface area contributed by atoms with E-state index in [-0.39, 0.29) is 19.4 Å². The molecular weight excluding hydrogens is 209 g/mol. The van der Waals surface area contributed by atoms with Crippen LogP contribution in [0, 0.1) is 5.92 Å². The number of nitrogens with zero attached hydrogens (tertiary/aromatic N) is 1. The predicted molar refractivity (Wildman–Crippen MR) is 49.0 cm³/mol. The second kappa shape index (κ2) is 4.83. The molecule has 0 aliphatic carbocycles. The lowest BCUT2D eigenvalue weighted by molar-refractivity contribution is -0.186. The number of nitrogens with two attached hydrogens (primary N) is 1. The standard InChI is InChI=1S/C9H15F3N2O/c10-9(11,12)7-2-1-4-14(6-7)5-3-8(13)15/h7H,1-6H2,(H2,13,15). The van der Waals surface area contributed by atoms with E-state index in [1.165, 1.54) is 0 Å². The first kappa shape index (κ1) is 12.3. The van der Waals surface area contributed by atoms with Gasteiger partial charge in [0.2, 0.25) is 5.91 Å². The SMILES string of the molecule is NC(=O)CCN1CCCC(C(F)(F)F)C1. The molecule has 1 heterocycles. The largest absolute Gasteiger partial charge is 0.393 e. The molecule has 1 saturated heterocycles. The van der Waals surface area contributed by atoms with Gasteiger partial charge >= 0.3 is 6.18 Å². The Morgan fingerprint density at radius 3 is 2.67 bits per heavy atom. The second-order valence-electron chi connectivity index (χ2n) is 3.90. The van der Waals surface area contributed by atoms with Crippen molar-refractivity contribution in [3.63, 3.8) is 0 Å². The van der Waals surface area contributed by atoms with Gasteiger partial charge in [-0.2, -0.15) is 13.2 Å². The molecule has 2 N–H and O–H groups in total. The normalized spacial score (nSPS) is 24.1. The van der Waals surface area contributed by atoms with Gasteiger partial charge in [-0.15, -0.1) is 0 Å². The molecule has 0 radical (unpaired) electrons. The Bertz CT molecular complexity index is 230. The summed E-state index contributed by atoms with van der Waals surface area (Å²) in [6.45, 7) is 0.957. The summed E-state index contributed by atoms with van der Waals surface area (Å²) in [4.78, 5) is 12.2. The first-order valence-corrected chi connectivity index (χ1v) is 4.97. The number of piperidine rings is 1. The molecule has 1 atom stereocenters. The number of amides is 1. The van der Waals surface area contributed by atoms with Crippen LogP contribution in [0.2, 0.25) is 0 Å². The van der Waals surface area contributed by atoms with Crippen molar-refractivity contribution < 1.29 is 18.0 Å². The van der Waals surface area contributed by atoms with Crippen LogP contribution in [0.25, 0.3) is 0 Å². The molecule has 6 heteroatoms. The highest BCUT2D eigenvalue weighted by Gasteiger charge is 2.41. The average molecular weight is 224 g/mol. The van der Waals surface area contributed by atoms with Crippen molar-refractivity contribution in [2.45, 2.75) is 25.4 Å². The van der Waals surface area contributed by atoms with Crippen molar-refractivity contribution in [1.29, 1.82) is 0 Å². The van der Waals surface area contributed by atoms with E-state index in [9.17, 15) is 18.0 Å². The molecular formula is C9H15F3N2O. The first-order valence-electron chi connectivity index (χ1n) is 4.97. The van der Waals surface area contributed by atoms with E-state index in [2.05, 4.69) is 0 Å². The molecule has 1 aliphatic rings. The molecule has 1 aliphatic heterocycles. The third kappa shape index (κ3) is 4.07. The quantitative estimate of drug-likeness (QED) is 0.781. The van der Waals surface area contributed by atoms with Gasteiger partial charge in [0.05, 0.1) is 5.92 Å². The van der Waals surface area contributed by atoms with E-state index in [0.29, 0.717) is 19.5 Å². The molecule has 0 aromatic heterocycles. The van der Waals surface area contributed by atoms with Crippen LogP contribution in [0.1, 0.15) is 19.3 Å². The Morgan fingerprint density at radius 1 is 1.47 bits per heavy atom. The molecule has 0 saturated carbocycles. The molecule has 3 nitrogen and oxygen atoms in total. The van der Waals surface area contributed by atoms with Gasteiger partial charge in [-0.25, -0.2) is 0 Å². The van der Waals surface area contributed by atoms with E-state index in [1.54, 1.807) is 4.90 Å². The number of carbonyl (C=O) groups excluding carboxylic acids is 1. The zero-order valence-corrected chi connectivity index (χ0v) is 8.39. The van der Waals surface area contributed by atoms with Gasteiger partial charge in [0.25, 0.3) is 0 Å². The zero-order valence-electron chi connectivity index (χ0n) is 8.39. The van der Waals surface area contributed by atoms with Crippen LogP contribution in [0.4, 0.5) is 13.2 Å². The highest BCUT2D eigenvalue weighted by molar-refractivity contribution is 5.73. The van der Waals surface area contributed by atoms with E-state index in [4.69, 9.17) is 5.73 Å². The molecule has 0 aromatic carbocycles. The number of rotatable bonds is 3. The maximum absolute atomic E-state index is 12.4. The third-order valence-electron chi connectivity index (χ3n) is 2.64. The monoisotopic (exact) mass is 224 g/mol. The predicted octanol–water partition coefficient (Wildman–Crippen LogP) is 1.14. The lowest BCUT2D eigenvalue weighted by Crippen LogP contribution is -2.42. The Hall–Kier alpha value is -0.780. The van der Waals surface area contributed by atoms with Gasteiger partial charge in [0.1, 0.15) is 0 Å². The van der Waals surface area contributed by atoms with Crippen molar-refractivity contribution in [1.82, 2.24) is 4.90 Å². The van der Waals surface area contributed by atoms with Crippen LogP contribution in [0.5, 0.6) is 0 Å². The molecule has 1 fully saturated rings. The van der Waals surface area contributed by atoms with Gasteiger partial charge in [0, 0.05) is 19.5 Å². The number of primary amides is 1. The van der Waals surface area contributed by atoms with E-state index in [0.717, 1.165) is 0 Å². The number of alkyl halides is 3. The average Bonchev–Trinajstić information content (AvgIpc) is 2.14. The molecule has 0 aromatic rings. The Labute approximate surface area is 86.4 Å². The third-order valence-corrected chi connectivity index (χ3v) is 2.64. The summed E-state index contributed by atoms with van der Waals surface area (Å²) in [5.74, 6) is -1.72. The number of likely N-dealkylation sites (tertiary alicyclic amines) is 1. The van der Waals surface area contributed by atoms with Crippen molar-refractivity contribution in [3.05, 3.63) is 0 Å². The van der Waals surface area contributed by atoms with Crippen molar-refractivity contribution in [2.75, 3.05) is 19.6 Å². The van der Waals surface area contributed by atoms with E-state index < -0.39 is 18.0 Å². The Morgan fingerprint density at radius 2 is 2.13 bits per heavy atom. The summed E-state index contributed by atoms with van der Waals surface area (Å²) in [5, 5.41) is 0. The van der Waals surface area contributed by atoms with Gasteiger partial charge in [0.15, 0.2) is 0 Å². The maximum Gasteiger partial charge on any atom is 0.393 e. The topological polar surface area (TPSA) is 46.3 Å². The summed E-state index contributed by atoms with van der Waals surface area (Å²) in [7, 11) is 0. The minimum Gasteiger partial charge on any atom is -0.370 e. The van der Waals surface area contributed by atoms with Crippen LogP contribution in [-0.2, 0) is 4.79 Å². The molecule has 88 valence electrons. The lowest BCUT2D eigenvalue weighted by atomic mass is 9.97. The summed E-state index contributed by atoms with van der Waals surface area (Å²) >= 11 is 0. The lowest BCUT2D eigenvalue weighted by Gasteiger charge is -2.33. The van der Waals surface area contributed by atoms with E-state index in [1.807, 2.05) is 0 Å². The van der Waals surface area contributed by atoms with Crippen molar-refractivity contribution in [2.24, 2.45) is 11.7 Å². The van der Waals surface area contributed by atoms with Crippen LogP contribution in [0.3, 0.4) is 0 Å². The summed E-state index contributed by atoms with van der Waals surface area (Å²) in [6.07, 6.45) is -3.27. The van der Waals surface area contributed by atoms with Crippen LogP contribution < -0.4 is 5.73 Å². The number of carbonyl (C=O) groups is 1. The van der Waals surface area contributed by atoms with Gasteiger partial charge < -0.3 is 10.6 Å². The fourth-order valence-electron chi connectivity index (χ4n) is 1.79. The number of hydrogen-bond donors (Lipinski definition) is 1. The summed E-state index contributed by atoms with van der Waals surface area (Å²) in [6, 6.07) is 0. The molecule has 1 rings (SSSR count). The van der Waals surface area contributed by atoms with Crippen LogP contribution in [-0.4, -0.2) is 36.6 Å². The zero-order chi connectivity index (χ0) is 11.5. The van der Waals surface area contributed by atoms with Gasteiger partial charge in [-0.1, -0.05) is 0 Å². The minimum absolute atomic E-state index is 0.00319. The highest BCUT2D eigenvalue weighted by atomic mass is 19.4. The van der Waals surface area contributed by atoms with Gasteiger partial charge in [-0.05, 0) is 19.4 Å². The fraction of sp³-hybridized carbons (Fsp3) is 0.889. The highest BCUT2D eigenvalue weighted by Crippen LogP contribution is 2.32. The Kier molecular flexibility index (Phi) is 3.96. The Balaban J connectivity index is 2.39. The van der Waals surface area contributed by atoms with Gasteiger partial charge in [-0.3, -0.25) is 4.79 Å². The number of halogens is 3. The van der Waals surface area contributed by atoms with E-state index >= 15 is 0 Å². The minimum atomic E-state index is -4.12. The molecule has 0 spiro atoms. The fourth-order valence-corrected chi connectivity index (χ4v) is 1.79. The maximum atomic E-state index is 12.4.